The third-order valence-electron chi connectivity index (χ3n) is 2.78. The number of nitrogens with zero attached hydrogens (tertiary/aromatic N) is 1. The molecule has 0 radical (unpaired) electrons. The van der Waals surface area contributed by atoms with Crippen LogP contribution in [0.1, 0.15) is 15.2 Å². The smallest absolute Gasteiger partial charge is 0.253 e. The average Bonchev–Trinajstić information content (AvgIpc) is 2.81. The molecular weight excluding hydrogens is 388 g/mol. The van der Waals surface area contributed by atoms with Gasteiger partial charge in [0.2, 0.25) is 10.0 Å². The first-order valence-electron chi connectivity index (χ1n) is 6.32. The molecule has 0 aliphatic heterocycles. The molecule has 2 aromatic rings. The van der Waals surface area contributed by atoms with Gasteiger partial charge in [0.25, 0.3) is 5.91 Å². The molecule has 5 nitrogen and oxygen atoms in total. The van der Waals surface area contributed by atoms with Crippen LogP contribution >= 0.6 is 27.3 Å². The summed E-state index contributed by atoms with van der Waals surface area (Å²) in [6, 6.07) is 10.3. The molecule has 0 unspecified atom stereocenters. The summed E-state index contributed by atoms with van der Waals surface area (Å²) in [7, 11) is -1.65. The maximum Gasteiger partial charge on any atom is 0.253 e. The Morgan fingerprint density at radius 1 is 1.32 bits per heavy atom. The molecule has 1 N–H and O–H groups in total. The fourth-order valence-corrected chi connectivity index (χ4v) is 3.98. The first kappa shape index (κ1) is 17.0. The second kappa shape index (κ2) is 6.80. The summed E-state index contributed by atoms with van der Waals surface area (Å²) in [6.45, 7) is 0.499. The van der Waals surface area contributed by atoms with Gasteiger partial charge in [-0.05, 0) is 46.3 Å². The maximum atomic E-state index is 12.4. The molecule has 0 bridgehead atoms. The van der Waals surface area contributed by atoms with Crippen molar-refractivity contribution in [2.45, 2.75) is 6.54 Å². The predicted octanol–water partition coefficient (Wildman–Crippen LogP) is 3.15. The largest absolute Gasteiger partial charge is 0.337 e. The van der Waals surface area contributed by atoms with Gasteiger partial charge in [-0.2, -0.15) is 0 Å². The summed E-state index contributed by atoms with van der Waals surface area (Å²) in [5.41, 5.74) is 0.812. The van der Waals surface area contributed by atoms with E-state index in [2.05, 4.69) is 20.7 Å². The Kier molecular flexibility index (Phi) is 5.25. The lowest BCUT2D eigenvalue weighted by Gasteiger charge is -2.16. The number of benzene rings is 1. The van der Waals surface area contributed by atoms with E-state index in [9.17, 15) is 13.2 Å². The van der Waals surface area contributed by atoms with Gasteiger partial charge in [0, 0.05) is 23.2 Å². The number of hydrogen-bond acceptors (Lipinski definition) is 4. The molecule has 0 atom stereocenters. The number of thiophene rings is 1. The number of sulfonamides is 1. The summed E-state index contributed by atoms with van der Waals surface area (Å²) < 4.78 is 25.9. The highest BCUT2D eigenvalue weighted by molar-refractivity contribution is 9.11. The van der Waals surface area contributed by atoms with Crippen LogP contribution in [-0.2, 0) is 16.6 Å². The summed E-state index contributed by atoms with van der Waals surface area (Å²) in [5.74, 6) is -0.165. The van der Waals surface area contributed by atoms with Crippen LogP contribution in [-0.4, -0.2) is 32.5 Å². The van der Waals surface area contributed by atoms with Gasteiger partial charge in [0.05, 0.1) is 16.6 Å². The van der Waals surface area contributed by atoms with Crippen LogP contribution in [0.4, 0.5) is 5.69 Å². The number of rotatable bonds is 5. The van der Waals surface area contributed by atoms with Gasteiger partial charge < -0.3 is 4.90 Å². The number of hydrogen-bond donors (Lipinski definition) is 1. The SMILES string of the molecule is CN(Cc1ccc(Br)s1)C(=O)c1cccc(NS(C)(=O)=O)c1. The molecule has 0 aliphatic rings. The molecule has 118 valence electrons. The highest BCUT2D eigenvalue weighted by Crippen LogP contribution is 2.23. The van der Waals surface area contributed by atoms with E-state index in [0.717, 1.165) is 14.9 Å². The third kappa shape index (κ3) is 4.82. The minimum Gasteiger partial charge on any atom is -0.337 e. The fraction of sp³-hybridized carbons (Fsp3) is 0.214. The Balaban J connectivity index is 2.13. The number of anilines is 1. The standard InChI is InChI=1S/C14H15BrN2O3S2/c1-17(9-12-6-7-13(15)21-12)14(18)10-4-3-5-11(8-10)16-22(2,19)20/h3-8,16H,9H2,1-2H3. The molecular formula is C14H15BrN2O3S2. The number of amides is 1. The Morgan fingerprint density at radius 3 is 2.64 bits per heavy atom. The molecule has 0 fully saturated rings. The minimum atomic E-state index is -3.36. The normalized spacial score (nSPS) is 11.2. The van der Waals surface area contributed by atoms with E-state index in [1.54, 1.807) is 41.5 Å². The molecule has 1 aromatic heterocycles. The van der Waals surface area contributed by atoms with Gasteiger partial charge in [0.15, 0.2) is 0 Å². The van der Waals surface area contributed by atoms with Crippen LogP contribution in [0.25, 0.3) is 0 Å². The third-order valence-corrected chi connectivity index (χ3v) is 5.00. The van der Waals surface area contributed by atoms with Gasteiger partial charge in [0.1, 0.15) is 0 Å². The molecule has 1 heterocycles. The van der Waals surface area contributed by atoms with Crippen molar-refractivity contribution in [2.75, 3.05) is 18.0 Å². The van der Waals surface area contributed by atoms with E-state index in [0.29, 0.717) is 17.8 Å². The first-order valence-corrected chi connectivity index (χ1v) is 9.82. The number of carbonyl (C=O) groups is 1. The predicted molar refractivity (Wildman–Crippen MR) is 92.7 cm³/mol. The van der Waals surface area contributed by atoms with Crippen LogP contribution in [0.3, 0.4) is 0 Å². The first-order chi connectivity index (χ1) is 10.2. The summed E-state index contributed by atoms with van der Waals surface area (Å²) in [4.78, 5) is 15.1. The van der Waals surface area contributed by atoms with Crippen molar-refractivity contribution in [3.63, 3.8) is 0 Å². The van der Waals surface area contributed by atoms with E-state index in [-0.39, 0.29) is 5.91 Å². The van der Waals surface area contributed by atoms with Crippen molar-refractivity contribution in [3.05, 3.63) is 50.6 Å². The lowest BCUT2D eigenvalue weighted by atomic mass is 10.2. The van der Waals surface area contributed by atoms with E-state index in [4.69, 9.17) is 0 Å². The molecule has 1 aromatic carbocycles. The van der Waals surface area contributed by atoms with Gasteiger partial charge in [-0.25, -0.2) is 8.42 Å². The lowest BCUT2D eigenvalue weighted by molar-refractivity contribution is 0.0786. The molecule has 0 aliphatic carbocycles. The quantitative estimate of drug-likeness (QED) is 0.834. The highest BCUT2D eigenvalue weighted by atomic mass is 79.9. The lowest BCUT2D eigenvalue weighted by Crippen LogP contribution is -2.25. The zero-order chi connectivity index (χ0) is 16.3. The Labute approximate surface area is 142 Å². The van der Waals surface area contributed by atoms with Gasteiger partial charge in [-0.1, -0.05) is 6.07 Å². The van der Waals surface area contributed by atoms with Crippen LogP contribution in [0.15, 0.2) is 40.2 Å². The zero-order valence-electron chi connectivity index (χ0n) is 12.0. The number of nitrogens with one attached hydrogen (secondary N) is 1. The van der Waals surface area contributed by atoms with Crippen molar-refractivity contribution in [3.8, 4) is 0 Å². The van der Waals surface area contributed by atoms with Crippen LogP contribution in [0.5, 0.6) is 0 Å². The molecule has 0 saturated heterocycles. The van der Waals surface area contributed by atoms with Crippen LogP contribution < -0.4 is 4.72 Å². The second-order valence-electron chi connectivity index (χ2n) is 4.82. The van der Waals surface area contributed by atoms with Crippen LogP contribution in [0, 0.1) is 0 Å². The topological polar surface area (TPSA) is 66.5 Å². The second-order valence-corrected chi connectivity index (χ2v) is 9.12. The Bertz CT molecular complexity index is 787. The number of carbonyl (C=O) groups excluding carboxylic acids is 1. The molecule has 0 saturated carbocycles. The fourth-order valence-electron chi connectivity index (χ4n) is 1.89. The monoisotopic (exact) mass is 402 g/mol. The summed E-state index contributed by atoms with van der Waals surface area (Å²) in [5, 5.41) is 0. The summed E-state index contributed by atoms with van der Waals surface area (Å²) in [6.07, 6.45) is 1.07. The molecule has 2 rings (SSSR count). The van der Waals surface area contributed by atoms with Crippen molar-refractivity contribution >= 4 is 48.9 Å². The Morgan fingerprint density at radius 2 is 2.05 bits per heavy atom. The zero-order valence-corrected chi connectivity index (χ0v) is 15.3. The summed E-state index contributed by atoms with van der Waals surface area (Å²) >= 11 is 4.96. The van der Waals surface area contributed by atoms with E-state index >= 15 is 0 Å². The van der Waals surface area contributed by atoms with Crippen molar-refractivity contribution in [2.24, 2.45) is 0 Å². The van der Waals surface area contributed by atoms with Crippen molar-refractivity contribution < 1.29 is 13.2 Å². The van der Waals surface area contributed by atoms with Crippen molar-refractivity contribution in [1.82, 2.24) is 4.90 Å². The highest BCUT2D eigenvalue weighted by Gasteiger charge is 2.14. The van der Waals surface area contributed by atoms with E-state index in [1.165, 1.54) is 6.07 Å². The van der Waals surface area contributed by atoms with Crippen LogP contribution in [0.2, 0.25) is 0 Å². The van der Waals surface area contributed by atoms with Gasteiger partial charge in [-0.3, -0.25) is 9.52 Å². The number of halogens is 1. The maximum absolute atomic E-state index is 12.4. The van der Waals surface area contributed by atoms with Crippen molar-refractivity contribution in [1.29, 1.82) is 0 Å². The van der Waals surface area contributed by atoms with Gasteiger partial charge in [-0.15, -0.1) is 11.3 Å². The minimum absolute atomic E-state index is 0.165. The molecule has 8 heteroatoms. The Hall–Kier alpha value is -1.38. The van der Waals surface area contributed by atoms with E-state index < -0.39 is 10.0 Å². The average molecular weight is 403 g/mol. The molecule has 22 heavy (non-hydrogen) atoms. The molecule has 1 amide bonds. The molecule has 0 spiro atoms. The van der Waals surface area contributed by atoms with Gasteiger partial charge >= 0.3 is 0 Å². The van der Waals surface area contributed by atoms with E-state index in [1.807, 2.05) is 12.1 Å².